The fraction of sp³-hybridized carbons (Fsp3) is 0.500. The van der Waals surface area contributed by atoms with Gasteiger partial charge in [0.15, 0.2) is 0 Å². The molecule has 0 heterocycles. The standard InChI is InChI=1S/C16H24N2O3/c1-11(2)10-14(16(20)21-3)18-15(19)9-6-12-4-7-13(17)8-5-12/h4-5,7-8,11,14H,6,9-10,17H2,1-3H3,(H,18,19)/t14-/m0/s1. The van der Waals surface area contributed by atoms with Crippen LogP contribution in [0.2, 0.25) is 0 Å². The summed E-state index contributed by atoms with van der Waals surface area (Å²) in [5, 5.41) is 2.74. The summed E-state index contributed by atoms with van der Waals surface area (Å²) in [5.74, 6) is -0.251. The van der Waals surface area contributed by atoms with E-state index in [1.165, 1.54) is 7.11 Å². The maximum Gasteiger partial charge on any atom is 0.328 e. The monoisotopic (exact) mass is 292 g/mol. The first-order chi connectivity index (χ1) is 9.92. The average molecular weight is 292 g/mol. The minimum atomic E-state index is -0.575. The van der Waals surface area contributed by atoms with Gasteiger partial charge in [0.2, 0.25) is 5.91 Å². The Morgan fingerprint density at radius 3 is 2.38 bits per heavy atom. The minimum Gasteiger partial charge on any atom is -0.467 e. The van der Waals surface area contributed by atoms with E-state index < -0.39 is 12.0 Å². The van der Waals surface area contributed by atoms with Crippen molar-refractivity contribution in [1.29, 1.82) is 0 Å². The SMILES string of the molecule is COC(=O)[C@H](CC(C)C)NC(=O)CCc1ccc(N)cc1. The first kappa shape index (κ1) is 17.0. The molecule has 1 rings (SSSR count). The van der Waals surface area contributed by atoms with Crippen LogP contribution in [0.25, 0.3) is 0 Å². The Kier molecular flexibility index (Phi) is 6.72. The molecule has 5 heteroatoms. The number of hydrogen-bond acceptors (Lipinski definition) is 4. The van der Waals surface area contributed by atoms with Gasteiger partial charge in [-0.1, -0.05) is 26.0 Å². The molecule has 1 aromatic rings. The molecule has 0 bridgehead atoms. The van der Waals surface area contributed by atoms with Gasteiger partial charge in [0.25, 0.3) is 0 Å². The van der Waals surface area contributed by atoms with E-state index in [1.54, 1.807) is 0 Å². The van der Waals surface area contributed by atoms with Crippen molar-refractivity contribution in [3.05, 3.63) is 29.8 Å². The first-order valence-electron chi connectivity index (χ1n) is 7.14. The Balaban J connectivity index is 2.49. The predicted molar refractivity (Wildman–Crippen MR) is 82.6 cm³/mol. The van der Waals surface area contributed by atoms with Crippen molar-refractivity contribution in [1.82, 2.24) is 5.32 Å². The van der Waals surface area contributed by atoms with Crippen LogP contribution < -0.4 is 11.1 Å². The number of nitrogens with two attached hydrogens (primary N) is 1. The number of hydrogen-bond donors (Lipinski definition) is 2. The highest BCUT2D eigenvalue weighted by Crippen LogP contribution is 2.09. The lowest BCUT2D eigenvalue weighted by molar-refractivity contribution is -0.145. The number of carbonyl (C=O) groups is 2. The van der Waals surface area contributed by atoms with Gasteiger partial charge in [-0.05, 0) is 36.5 Å². The Morgan fingerprint density at radius 1 is 1.24 bits per heavy atom. The van der Waals surface area contributed by atoms with Crippen LogP contribution >= 0.6 is 0 Å². The Bertz CT molecular complexity index is 469. The number of nitrogen functional groups attached to an aromatic ring is 1. The lowest BCUT2D eigenvalue weighted by atomic mass is 10.0. The van der Waals surface area contributed by atoms with Crippen LogP contribution in [-0.2, 0) is 20.7 Å². The molecule has 1 aromatic carbocycles. The summed E-state index contributed by atoms with van der Waals surface area (Å²) >= 11 is 0. The van der Waals surface area contributed by atoms with E-state index in [4.69, 9.17) is 10.5 Å². The van der Waals surface area contributed by atoms with E-state index in [1.807, 2.05) is 38.1 Å². The zero-order valence-electron chi connectivity index (χ0n) is 12.9. The van der Waals surface area contributed by atoms with E-state index in [9.17, 15) is 9.59 Å². The van der Waals surface area contributed by atoms with Crippen molar-refractivity contribution in [3.8, 4) is 0 Å². The highest BCUT2D eigenvalue weighted by molar-refractivity contribution is 5.84. The summed E-state index contributed by atoms with van der Waals surface area (Å²) in [6, 6.07) is 6.84. The molecule has 0 fully saturated rings. The molecule has 5 nitrogen and oxygen atoms in total. The normalized spacial score (nSPS) is 12.0. The summed E-state index contributed by atoms with van der Waals surface area (Å²) in [6.45, 7) is 3.99. The van der Waals surface area contributed by atoms with Crippen molar-refractivity contribution < 1.29 is 14.3 Å². The van der Waals surface area contributed by atoms with Gasteiger partial charge in [-0.2, -0.15) is 0 Å². The molecule has 116 valence electrons. The maximum absolute atomic E-state index is 12.0. The zero-order valence-corrected chi connectivity index (χ0v) is 12.9. The zero-order chi connectivity index (χ0) is 15.8. The number of carbonyl (C=O) groups excluding carboxylic acids is 2. The maximum atomic E-state index is 12.0. The summed E-state index contributed by atoms with van der Waals surface area (Å²) in [5.41, 5.74) is 7.35. The van der Waals surface area contributed by atoms with Gasteiger partial charge >= 0.3 is 5.97 Å². The highest BCUT2D eigenvalue weighted by Gasteiger charge is 2.22. The van der Waals surface area contributed by atoms with Crippen LogP contribution in [0.1, 0.15) is 32.3 Å². The molecule has 1 atom stereocenters. The third kappa shape index (κ3) is 6.29. The molecule has 0 aromatic heterocycles. The number of benzene rings is 1. The fourth-order valence-electron chi connectivity index (χ4n) is 2.04. The topological polar surface area (TPSA) is 81.4 Å². The van der Waals surface area contributed by atoms with E-state index in [0.29, 0.717) is 30.9 Å². The second kappa shape index (κ2) is 8.29. The lowest BCUT2D eigenvalue weighted by Gasteiger charge is -2.18. The second-order valence-corrected chi connectivity index (χ2v) is 5.51. The van der Waals surface area contributed by atoms with E-state index in [0.717, 1.165) is 5.56 Å². The molecule has 0 saturated carbocycles. The average Bonchev–Trinajstić information content (AvgIpc) is 2.44. The summed E-state index contributed by atoms with van der Waals surface area (Å²) in [7, 11) is 1.33. The first-order valence-corrected chi connectivity index (χ1v) is 7.14. The number of anilines is 1. The molecule has 21 heavy (non-hydrogen) atoms. The quantitative estimate of drug-likeness (QED) is 0.594. The number of nitrogens with one attached hydrogen (secondary N) is 1. The number of aryl methyl sites for hydroxylation is 1. The van der Waals surface area contributed by atoms with Crippen LogP contribution in [0.15, 0.2) is 24.3 Å². The van der Waals surface area contributed by atoms with Gasteiger partial charge in [-0.25, -0.2) is 4.79 Å². The van der Waals surface area contributed by atoms with Crippen molar-refractivity contribution in [3.63, 3.8) is 0 Å². The molecule has 0 radical (unpaired) electrons. The van der Waals surface area contributed by atoms with Crippen LogP contribution in [0, 0.1) is 5.92 Å². The van der Waals surface area contributed by atoms with Gasteiger partial charge in [-0.15, -0.1) is 0 Å². The van der Waals surface area contributed by atoms with E-state index in [-0.39, 0.29) is 5.91 Å². The molecule has 1 amide bonds. The van der Waals surface area contributed by atoms with Gasteiger partial charge in [0, 0.05) is 12.1 Å². The van der Waals surface area contributed by atoms with E-state index in [2.05, 4.69) is 5.32 Å². The largest absolute Gasteiger partial charge is 0.467 e. The molecule has 0 saturated heterocycles. The Morgan fingerprint density at radius 2 is 1.86 bits per heavy atom. The van der Waals surface area contributed by atoms with Gasteiger partial charge in [0.05, 0.1) is 7.11 Å². The molecular formula is C16H24N2O3. The van der Waals surface area contributed by atoms with Gasteiger partial charge in [-0.3, -0.25) is 4.79 Å². The molecule has 3 N–H and O–H groups in total. The molecule has 0 aliphatic heterocycles. The second-order valence-electron chi connectivity index (χ2n) is 5.51. The van der Waals surface area contributed by atoms with Crippen molar-refractivity contribution in [2.24, 2.45) is 5.92 Å². The van der Waals surface area contributed by atoms with Crippen LogP contribution in [-0.4, -0.2) is 25.0 Å². The third-order valence-electron chi connectivity index (χ3n) is 3.15. The molecular weight excluding hydrogens is 268 g/mol. The fourth-order valence-corrected chi connectivity index (χ4v) is 2.04. The Hall–Kier alpha value is -2.04. The number of esters is 1. The van der Waals surface area contributed by atoms with Crippen molar-refractivity contribution >= 4 is 17.6 Å². The summed E-state index contributed by atoms with van der Waals surface area (Å²) in [4.78, 5) is 23.6. The highest BCUT2D eigenvalue weighted by atomic mass is 16.5. The molecule has 0 aliphatic carbocycles. The number of amides is 1. The smallest absolute Gasteiger partial charge is 0.328 e. The van der Waals surface area contributed by atoms with Gasteiger partial charge in [0.1, 0.15) is 6.04 Å². The number of ether oxygens (including phenoxy) is 1. The predicted octanol–water partition coefficient (Wildman–Crippen LogP) is 1.91. The van der Waals surface area contributed by atoms with Crippen LogP contribution in [0.5, 0.6) is 0 Å². The molecule has 0 unspecified atom stereocenters. The number of rotatable bonds is 7. The number of methoxy groups -OCH3 is 1. The van der Waals surface area contributed by atoms with Gasteiger partial charge < -0.3 is 15.8 Å². The summed E-state index contributed by atoms with van der Waals surface area (Å²) in [6.07, 6.45) is 1.51. The lowest BCUT2D eigenvalue weighted by Crippen LogP contribution is -2.42. The third-order valence-corrected chi connectivity index (χ3v) is 3.15. The minimum absolute atomic E-state index is 0.150. The van der Waals surface area contributed by atoms with Crippen molar-refractivity contribution in [2.45, 2.75) is 39.2 Å². The van der Waals surface area contributed by atoms with E-state index >= 15 is 0 Å². The van der Waals surface area contributed by atoms with Crippen LogP contribution in [0.4, 0.5) is 5.69 Å². The Labute approximate surface area is 125 Å². The van der Waals surface area contributed by atoms with Crippen LogP contribution in [0.3, 0.4) is 0 Å². The summed E-state index contributed by atoms with van der Waals surface area (Å²) < 4.78 is 4.72. The molecule has 0 aliphatic rings. The molecule has 0 spiro atoms. The van der Waals surface area contributed by atoms with Crippen molar-refractivity contribution in [2.75, 3.05) is 12.8 Å².